The standard InChI is InChI=1S/C23H20N4O5S/c1-31-22(30)16-4-8-17(9-5-16)24-20(29)14-33-23-26-25-21(15-6-10-18(28)11-7-15)27(23)13-19-3-2-12-32-19/h2-12,28H,13-14H2,1H3,(H,24,29). The number of phenols is 1. The van der Waals surface area contributed by atoms with Gasteiger partial charge in [0.25, 0.3) is 0 Å². The minimum absolute atomic E-state index is 0.102. The number of furan rings is 1. The number of nitrogens with zero attached hydrogens (tertiary/aromatic N) is 3. The Kier molecular flexibility index (Phi) is 6.75. The van der Waals surface area contributed by atoms with Gasteiger partial charge in [0.1, 0.15) is 11.5 Å². The van der Waals surface area contributed by atoms with E-state index in [9.17, 15) is 14.7 Å². The van der Waals surface area contributed by atoms with E-state index in [-0.39, 0.29) is 17.4 Å². The van der Waals surface area contributed by atoms with E-state index in [1.54, 1.807) is 60.9 Å². The number of anilines is 1. The first-order chi connectivity index (χ1) is 16.0. The van der Waals surface area contributed by atoms with Crippen LogP contribution in [-0.4, -0.2) is 44.6 Å². The van der Waals surface area contributed by atoms with Gasteiger partial charge in [0, 0.05) is 11.3 Å². The van der Waals surface area contributed by atoms with Gasteiger partial charge in [-0.2, -0.15) is 0 Å². The van der Waals surface area contributed by atoms with Crippen molar-refractivity contribution >= 4 is 29.3 Å². The number of hydrogen-bond acceptors (Lipinski definition) is 8. The second-order valence-electron chi connectivity index (χ2n) is 6.92. The molecule has 4 rings (SSSR count). The summed E-state index contributed by atoms with van der Waals surface area (Å²) in [5.41, 5.74) is 1.74. The quantitative estimate of drug-likeness (QED) is 0.298. The zero-order valence-electron chi connectivity index (χ0n) is 17.6. The van der Waals surface area contributed by atoms with Crippen LogP contribution in [-0.2, 0) is 16.1 Å². The summed E-state index contributed by atoms with van der Waals surface area (Å²) in [6, 6.07) is 16.7. The monoisotopic (exact) mass is 464 g/mol. The molecule has 2 heterocycles. The molecule has 0 bridgehead atoms. The van der Waals surface area contributed by atoms with Crippen LogP contribution >= 0.6 is 11.8 Å². The minimum Gasteiger partial charge on any atom is -0.508 e. The molecule has 0 saturated heterocycles. The zero-order chi connectivity index (χ0) is 23.2. The molecule has 9 nitrogen and oxygen atoms in total. The normalized spacial score (nSPS) is 10.7. The van der Waals surface area contributed by atoms with Crippen LogP contribution in [0.3, 0.4) is 0 Å². The van der Waals surface area contributed by atoms with Gasteiger partial charge in [-0.3, -0.25) is 9.36 Å². The number of hydrogen-bond donors (Lipinski definition) is 2. The topological polar surface area (TPSA) is 119 Å². The van der Waals surface area contributed by atoms with Gasteiger partial charge in [0.2, 0.25) is 5.91 Å². The third kappa shape index (κ3) is 5.42. The molecule has 0 aliphatic rings. The summed E-state index contributed by atoms with van der Waals surface area (Å²) in [7, 11) is 1.31. The van der Waals surface area contributed by atoms with Crippen molar-refractivity contribution in [3.8, 4) is 17.1 Å². The number of phenolic OH excluding ortho intramolecular Hbond substituents is 1. The van der Waals surface area contributed by atoms with Crippen molar-refractivity contribution in [1.82, 2.24) is 14.8 Å². The molecule has 2 aromatic carbocycles. The fraction of sp³-hybridized carbons (Fsp3) is 0.130. The Balaban J connectivity index is 1.47. The van der Waals surface area contributed by atoms with E-state index in [1.807, 2.05) is 10.6 Å². The molecule has 10 heteroatoms. The van der Waals surface area contributed by atoms with Crippen molar-refractivity contribution in [1.29, 1.82) is 0 Å². The molecule has 0 aliphatic heterocycles. The summed E-state index contributed by atoms with van der Waals surface area (Å²) in [5.74, 6) is 0.888. The Morgan fingerprint density at radius 2 is 1.85 bits per heavy atom. The molecule has 4 aromatic rings. The number of ether oxygens (including phenoxy) is 1. The van der Waals surface area contributed by atoms with E-state index >= 15 is 0 Å². The Morgan fingerprint density at radius 1 is 1.09 bits per heavy atom. The number of carbonyl (C=O) groups is 2. The molecule has 168 valence electrons. The van der Waals surface area contributed by atoms with E-state index in [1.165, 1.54) is 18.9 Å². The highest BCUT2D eigenvalue weighted by atomic mass is 32.2. The van der Waals surface area contributed by atoms with Crippen LogP contribution in [0.2, 0.25) is 0 Å². The molecule has 1 amide bonds. The maximum Gasteiger partial charge on any atom is 0.337 e. The molecule has 0 radical (unpaired) electrons. The highest BCUT2D eigenvalue weighted by Crippen LogP contribution is 2.26. The number of rotatable bonds is 8. The van der Waals surface area contributed by atoms with Gasteiger partial charge in [-0.25, -0.2) is 4.79 Å². The van der Waals surface area contributed by atoms with Gasteiger partial charge in [-0.1, -0.05) is 11.8 Å². The number of nitrogens with one attached hydrogen (secondary N) is 1. The van der Waals surface area contributed by atoms with Crippen molar-refractivity contribution in [3.05, 3.63) is 78.3 Å². The summed E-state index contributed by atoms with van der Waals surface area (Å²) in [5, 5.41) is 21.5. The fourth-order valence-electron chi connectivity index (χ4n) is 3.06. The lowest BCUT2D eigenvalue weighted by Crippen LogP contribution is -2.15. The summed E-state index contributed by atoms with van der Waals surface area (Å²) in [4.78, 5) is 24.0. The molecule has 0 atom stereocenters. The summed E-state index contributed by atoms with van der Waals surface area (Å²) in [6.07, 6.45) is 1.59. The molecule has 0 fully saturated rings. The number of thioether (sulfide) groups is 1. The lowest BCUT2D eigenvalue weighted by molar-refractivity contribution is -0.113. The van der Waals surface area contributed by atoms with E-state index < -0.39 is 5.97 Å². The van der Waals surface area contributed by atoms with Crippen LogP contribution in [0.1, 0.15) is 16.1 Å². The van der Waals surface area contributed by atoms with Crippen LogP contribution < -0.4 is 5.32 Å². The first-order valence-electron chi connectivity index (χ1n) is 9.89. The largest absolute Gasteiger partial charge is 0.508 e. The van der Waals surface area contributed by atoms with E-state index in [0.717, 1.165) is 5.56 Å². The Labute approximate surface area is 193 Å². The SMILES string of the molecule is COC(=O)c1ccc(NC(=O)CSc2nnc(-c3ccc(O)cc3)n2Cc2ccco2)cc1. The molecule has 0 spiro atoms. The van der Waals surface area contributed by atoms with Gasteiger partial charge in [0.15, 0.2) is 11.0 Å². The number of esters is 1. The molecular formula is C23H20N4O5S. The third-order valence-electron chi connectivity index (χ3n) is 4.66. The van der Waals surface area contributed by atoms with Gasteiger partial charge in [0.05, 0.1) is 31.2 Å². The average Bonchev–Trinajstić information content (AvgIpc) is 3.49. The van der Waals surface area contributed by atoms with Crippen LogP contribution in [0.25, 0.3) is 11.4 Å². The van der Waals surface area contributed by atoms with Gasteiger partial charge in [-0.15, -0.1) is 10.2 Å². The predicted octanol–water partition coefficient (Wildman–Crippen LogP) is 3.81. The first kappa shape index (κ1) is 22.2. The Morgan fingerprint density at radius 3 is 2.52 bits per heavy atom. The smallest absolute Gasteiger partial charge is 0.337 e. The van der Waals surface area contributed by atoms with Crippen molar-refractivity contribution in [2.75, 3.05) is 18.2 Å². The second kappa shape index (κ2) is 10.0. The Hall–Kier alpha value is -4.05. The molecule has 0 unspecified atom stereocenters. The average molecular weight is 465 g/mol. The van der Waals surface area contributed by atoms with E-state index in [0.29, 0.717) is 34.5 Å². The lowest BCUT2D eigenvalue weighted by atomic mass is 10.2. The molecule has 0 saturated carbocycles. The van der Waals surface area contributed by atoms with Crippen molar-refractivity contribution in [3.63, 3.8) is 0 Å². The maximum atomic E-state index is 12.5. The van der Waals surface area contributed by atoms with E-state index in [4.69, 9.17) is 4.42 Å². The minimum atomic E-state index is -0.441. The summed E-state index contributed by atoms with van der Waals surface area (Å²) >= 11 is 1.24. The second-order valence-corrected chi connectivity index (χ2v) is 7.87. The van der Waals surface area contributed by atoms with Gasteiger partial charge in [-0.05, 0) is 60.7 Å². The summed E-state index contributed by atoms with van der Waals surface area (Å²) in [6.45, 7) is 0.384. The predicted molar refractivity (Wildman–Crippen MR) is 122 cm³/mol. The van der Waals surface area contributed by atoms with Crippen LogP contribution in [0.5, 0.6) is 5.75 Å². The number of amides is 1. The highest BCUT2D eigenvalue weighted by Gasteiger charge is 2.17. The molecule has 2 N–H and O–H groups in total. The van der Waals surface area contributed by atoms with Crippen LogP contribution in [0.4, 0.5) is 5.69 Å². The molecular weight excluding hydrogens is 444 g/mol. The van der Waals surface area contributed by atoms with Gasteiger partial charge < -0.3 is 19.6 Å². The van der Waals surface area contributed by atoms with Crippen molar-refractivity contribution in [2.24, 2.45) is 0 Å². The maximum absolute atomic E-state index is 12.5. The number of aromatic nitrogens is 3. The molecule has 33 heavy (non-hydrogen) atoms. The zero-order valence-corrected chi connectivity index (χ0v) is 18.4. The molecule has 2 aromatic heterocycles. The van der Waals surface area contributed by atoms with Gasteiger partial charge >= 0.3 is 5.97 Å². The fourth-order valence-corrected chi connectivity index (χ4v) is 3.79. The highest BCUT2D eigenvalue weighted by molar-refractivity contribution is 7.99. The summed E-state index contributed by atoms with van der Waals surface area (Å²) < 4.78 is 12.0. The first-order valence-corrected chi connectivity index (χ1v) is 10.9. The number of carbonyl (C=O) groups excluding carboxylic acids is 2. The lowest BCUT2D eigenvalue weighted by Gasteiger charge is -2.09. The third-order valence-corrected chi connectivity index (χ3v) is 5.63. The molecule has 0 aliphatic carbocycles. The van der Waals surface area contributed by atoms with E-state index in [2.05, 4.69) is 20.3 Å². The number of benzene rings is 2. The number of methoxy groups -OCH3 is 1. The number of aromatic hydroxyl groups is 1. The van der Waals surface area contributed by atoms with Crippen molar-refractivity contribution < 1.29 is 23.8 Å². The van der Waals surface area contributed by atoms with Crippen LogP contribution in [0, 0.1) is 0 Å². The Bertz CT molecular complexity index is 1240. The van der Waals surface area contributed by atoms with Crippen LogP contribution in [0.15, 0.2) is 76.5 Å². The van der Waals surface area contributed by atoms with Crippen molar-refractivity contribution in [2.45, 2.75) is 11.7 Å².